The van der Waals surface area contributed by atoms with E-state index in [1.165, 1.54) is 0 Å². The third-order valence-corrected chi connectivity index (χ3v) is 6.10. The van der Waals surface area contributed by atoms with Gasteiger partial charge in [-0.2, -0.15) is 17.5 Å². The average Bonchev–Trinajstić information content (AvgIpc) is 2.60. The van der Waals surface area contributed by atoms with Gasteiger partial charge in [0.05, 0.1) is 16.6 Å². The number of nitrogens with zero attached hydrogens (tertiary/aromatic N) is 1. The van der Waals surface area contributed by atoms with Crippen molar-refractivity contribution in [3.8, 4) is 0 Å². The zero-order valence-electron chi connectivity index (χ0n) is 14.5. The van der Waals surface area contributed by atoms with Gasteiger partial charge in [0.15, 0.2) is 5.78 Å². The summed E-state index contributed by atoms with van der Waals surface area (Å²) in [4.78, 5) is 11.1. The fourth-order valence-corrected chi connectivity index (χ4v) is 4.30. The van der Waals surface area contributed by atoms with Gasteiger partial charge in [0, 0.05) is 19.5 Å². The Morgan fingerprint density at radius 2 is 1.92 bits per heavy atom. The largest absolute Gasteiger partial charge is 0.416 e. The summed E-state index contributed by atoms with van der Waals surface area (Å²) >= 11 is 0. The van der Waals surface area contributed by atoms with Crippen LogP contribution in [0.5, 0.6) is 0 Å². The Kier molecular flexibility index (Phi) is 6.81. The Morgan fingerprint density at radius 3 is 2.50 bits per heavy atom. The number of carbonyl (C=O) groups is 1. The van der Waals surface area contributed by atoms with Gasteiger partial charge in [0.2, 0.25) is 10.0 Å². The van der Waals surface area contributed by atoms with Crippen molar-refractivity contribution in [2.75, 3.05) is 19.7 Å². The van der Waals surface area contributed by atoms with Crippen molar-refractivity contribution < 1.29 is 31.1 Å². The number of hydrogen-bond acceptors (Lipinski definition) is 4. The first-order valence-electron chi connectivity index (χ1n) is 8.45. The van der Waals surface area contributed by atoms with Crippen LogP contribution in [0.3, 0.4) is 0 Å². The van der Waals surface area contributed by atoms with Crippen molar-refractivity contribution >= 4 is 15.8 Å². The first-order chi connectivity index (χ1) is 12.1. The van der Waals surface area contributed by atoms with Gasteiger partial charge in [-0.05, 0) is 37.5 Å². The van der Waals surface area contributed by atoms with Crippen LogP contribution >= 0.6 is 0 Å². The SMILES string of the molecule is CCCC(=O)COC1CCN(S(=O)(=O)c2cccc(C(F)(F)F)c2)CC1. The summed E-state index contributed by atoms with van der Waals surface area (Å²) in [5, 5.41) is 0. The topological polar surface area (TPSA) is 63.7 Å². The van der Waals surface area contributed by atoms with E-state index in [-0.39, 0.29) is 36.5 Å². The first kappa shape index (κ1) is 20.9. The normalized spacial score (nSPS) is 17.4. The fourth-order valence-electron chi connectivity index (χ4n) is 2.78. The molecule has 0 atom stereocenters. The molecule has 0 saturated carbocycles. The summed E-state index contributed by atoms with van der Waals surface area (Å²) in [5.41, 5.74) is -0.994. The summed E-state index contributed by atoms with van der Waals surface area (Å²) in [5.74, 6) is 0.00603. The third kappa shape index (κ3) is 5.28. The first-order valence-corrected chi connectivity index (χ1v) is 9.89. The van der Waals surface area contributed by atoms with E-state index >= 15 is 0 Å². The second-order valence-electron chi connectivity index (χ2n) is 6.23. The predicted molar refractivity (Wildman–Crippen MR) is 89.1 cm³/mol. The molecule has 0 aromatic heterocycles. The lowest BCUT2D eigenvalue weighted by Gasteiger charge is -2.31. The van der Waals surface area contributed by atoms with E-state index in [2.05, 4.69) is 0 Å². The van der Waals surface area contributed by atoms with Crippen molar-refractivity contribution in [3.05, 3.63) is 29.8 Å². The van der Waals surface area contributed by atoms with Gasteiger partial charge in [-0.15, -0.1) is 0 Å². The predicted octanol–water partition coefficient (Wildman–Crippen LogP) is 3.24. The second kappa shape index (κ2) is 8.49. The molecule has 0 amide bonds. The number of benzene rings is 1. The standard InChI is InChI=1S/C17H22F3NO4S/c1-2-4-14(22)12-25-15-7-9-21(10-8-15)26(23,24)16-6-3-5-13(11-16)17(18,19)20/h3,5-6,11,15H,2,4,7-10,12H2,1H3. The van der Waals surface area contributed by atoms with E-state index in [0.717, 1.165) is 28.9 Å². The highest BCUT2D eigenvalue weighted by atomic mass is 32.2. The van der Waals surface area contributed by atoms with E-state index in [0.29, 0.717) is 25.3 Å². The number of sulfonamides is 1. The summed E-state index contributed by atoms with van der Waals surface area (Å²) in [6, 6.07) is 3.75. The lowest BCUT2D eigenvalue weighted by molar-refractivity contribution is -0.137. The molecule has 0 spiro atoms. The molecule has 26 heavy (non-hydrogen) atoms. The van der Waals surface area contributed by atoms with Crippen molar-refractivity contribution in [1.82, 2.24) is 4.31 Å². The van der Waals surface area contributed by atoms with E-state index in [1.54, 1.807) is 0 Å². The minimum Gasteiger partial charge on any atom is -0.370 e. The molecule has 146 valence electrons. The summed E-state index contributed by atoms with van der Waals surface area (Å²) in [6.45, 7) is 2.20. The number of hydrogen-bond donors (Lipinski definition) is 0. The fraction of sp³-hybridized carbons (Fsp3) is 0.588. The van der Waals surface area contributed by atoms with Crippen LogP contribution in [0, 0.1) is 0 Å². The third-order valence-electron chi connectivity index (χ3n) is 4.21. The van der Waals surface area contributed by atoms with E-state index < -0.39 is 21.8 Å². The maximum Gasteiger partial charge on any atom is 0.416 e. The highest BCUT2D eigenvalue weighted by molar-refractivity contribution is 7.89. The van der Waals surface area contributed by atoms with Crippen LogP contribution in [0.25, 0.3) is 0 Å². The van der Waals surface area contributed by atoms with Crippen LogP contribution in [0.1, 0.15) is 38.2 Å². The molecule has 0 aliphatic carbocycles. The Hall–Kier alpha value is -1.45. The number of alkyl halides is 3. The van der Waals surface area contributed by atoms with E-state index in [1.807, 2.05) is 6.92 Å². The molecule has 1 heterocycles. The molecule has 0 N–H and O–H groups in total. The summed E-state index contributed by atoms with van der Waals surface area (Å²) in [7, 11) is -4.00. The number of piperidine rings is 1. The zero-order chi connectivity index (χ0) is 19.4. The molecule has 1 aromatic carbocycles. The van der Waals surface area contributed by atoms with Crippen LogP contribution in [-0.4, -0.2) is 44.3 Å². The molecule has 9 heteroatoms. The quantitative estimate of drug-likeness (QED) is 0.713. The number of Topliss-reactive ketones (excluding diaryl/α,β-unsaturated/α-hetero) is 1. The number of ether oxygens (including phenoxy) is 1. The number of halogens is 3. The maximum atomic E-state index is 12.8. The van der Waals surface area contributed by atoms with Crippen LogP contribution in [0.2, 0.25) is 0 Å². The summed E-state index contributed by atoms with van der Waals surface area (Å²) in [6.07, 6.45) is -2.82. The van der Waals surface area contributed by atoms with E-state index in [9.17, 15) is 26.4 Å². The minimum absolute atomic E-state index is 0.00603. The van der Waals surface area contributed by atoms with Gasteiger partial charge >= 0.3 is 6.18 Å². The molecule has 2 rings (SSSR count). The lowest BCUT2D eigenvalue weighted by Crippen LogP contribution is -2.41. The Bertz CT molecular complexity index is 726. The molecule has 1 saturated heterocycles. The van der Waals surface area contributed by atoms with Crippen LogP contribution in [-0.2, 0) is 25.7 Å². The molecule has 1 aliphatic rings. The van der Waals surface area contributed by atoms with Crippen LogP contribution in [0.15, 0.2) is 29.2 Å². The molecular weight excluding hydrogens is 371 g/mol. The molecule has 0 bridgehead atoms. The average molecular weight is 393 g/mol. The highest BCUT2D eigenvalue weighted by Gasteiger charge is 2.34. The maximum absolute atomic E-state index is 12.8. The smallest absolute Gasteiger partial charge is 0.370 e. The molecule has 5 nitrogen and oxygen atoms in total. The second-order valence-corrected chi connectivity index (χ2v) is 8.17. The Morgan fingerprint density at radius 1 is 1.27 bits per heavy atom. The van der Waals surface area contributed by atoms with Gasteiger partial charge in [0.1, 0.15) is 6.61 Å². The zero-order valence-corrected chi connectivity index (χ0v) is 15.3. The highest BCUT2D eigenvalue weighted by Crippen LogP contribution is 2.31. The molecule has 0 unspecified atom stereocenters. The minimum atomic E-state index is -4.60. The van der Waals surface area contributed by atoms with Crippen LogP contribution < -0.4 is 0 Å². The van der Waals surface area contributed by atoms with Gasteiger partial charge in [-0.25, -0.2) is 8.42 Å². The Labute approximate surface area is 151 Å². The Balaban J connectivity index is 1.99. The van der Waals surface area contributed by atoms with Crippen LogP contribution in [0.4, 0.5) is 13.2 Å². The van der Waals surface area contributed by atoms with Crippen molar-refractivity contribution in [3.63, 3.8) is 0 Å². The van der Waals surface area contributed by atoms with Crippen molar-refractivity contribution in [2.45, 2.75) is 49.8 Å². The van der Waals surface area contributed by atoms with Gasteiger partial charge in [-0.1, -0.05) is 13.0 Å². The van der Waals surface area contributed by atoms with Crippen molar-refractivity contribution in [2.24, 2.45) is 0 Å². The van der Waals surface area contributed by atoms with E-state index in [4.69, 9.17) is 4.74 Å². The van der Waals surface area contributed by atoms with Gasteiger partial charge in [0.25, 0.3) is 0 Å². The molecule has 1 fully saturated rings. The summed E-state index contributed by atoms with van der Waals surface area (Å²) < 4.78 is 70.3. The van der Waals surface area contributed by atoms with Crippen molar-refractivity contribution in [1.29, 1.82) is 0 Å². The number of carbonyl (C=O) groups excluding carboxylic acids is 1. The van der Waals surface area contributed by atoms with Gasteiger partial charge in [-0.3, -0.25) is 4.79 Å². The number of ketones is 1. The molecular formula is C17H22F3NO4S. The molecule has 1 aliphatic heterocycles. The number of rotatable bonds is 7. The molecule has 1 aromatic rings. The molecule has 0 radical (unpaired) electrons. The van der Waals surface area contributed by atoms with Gasteiger partial charge < -0.3 is 4.74 Å². The lowest BCUT2D eigenvalue weighted by atomic mass is 10.1. The monoisotopic (exact) mass is 393 g/mol.